The van der Waals surface area contributed by atoms with Crippen molar-refractivity contribution in [3.05, 3.63) is 131 Å². The van der Waals surface area contributed by atoms with Crippen molar-refractivity contribution in [3.8, 4) is 17.0 Å². The standard InChI is InChI=1S/C37H34F2N4O2/c1-23-7-9-29(19-33(23)39)43(28-10-12-30(44)13-11-28)35-20-34(41-16-15-40-21-36(35)41)32-18-27(38)8-14-31(32)37(45)42-22-26-6-4-3-5-25(26)17-24(42)2/h3-14,18-20,24,40,44H,15-17,21-22H2,1-2H3/t24-/m1/s1. The number of hydrogen-bond donors (Lipinski definition) is 2. The van der Waals surface area contributed by atoms with Gasteiger partial charge >= 0.3 is 0 Å². The maximum absolute atomic E-state index is 15.0. The Bertz CT molecular complexity index is 1920. The predicted molar refractivity (Wildman–Crippen MR) is 172 cm³/mol. The number of carbonyl (C=O) groups excluding carboxylic acids is 1. The average molecular weight is 605 g/mol. The van der Waals surface area contributed by atoms with Crippen LogP contribution in [-0.2, 0) is 26.1 Å². The van der Waals surface area contributed by atoms with Crippen molar-refractivity contribution in [2.75, 3.05) is 11.4 Å². The quantitative estimate of drug-likeness (QED) is 0.217. The van der Waals surface area contributed by atoms with Gasteiger partial charge in [0.15, 0.2) is 0 Å². The molecule has 0 saturated carbocycles. The van der Waals surface area contributed by atoms with E-state index in [1.165, 1.54) is 23.8 Å². The first-order valence-corrected chi connectivity index (χ1v) is 15.2. The van der Waals surface area contributed by atoms with E-state index in [-0.39, 0.29) is 23.5 Å². The highest BCUT2D eigenvalue weighted by molar-refractivity contribution is 6.01. The van der Waals surface area contributed by atoms with Gasteiger partial charge < -0.3 is 24.8 Å². The summed E-state index contributed by atoms with van der Waals surface area (Å²) in [7, 11) is 0. The molecule has 2 aliphatic rings. The number of nitrogens with one attached hydrogen (secondary N) is 1. The molecule has 7 rings (SSSR count). The van der Waals surface area contributed by atoms with Crippen LogP contribution in [0.2, 0.25) is 0 Å². The summed E-state index contributed by atoms with van der Waals surface area (Å²) < 4.78 is 32.1. The van der Waals surface area contributed by atoms with Crippen molar-refractivity contribution in [2.24, 2.45) is 0 Å². The van der Waals surface area contributed by atoms with Crippen LogP contribution in [0.1, 0.15) is 39.7 Å². The first-order chi connectivity index (χ1) is 21.8. The molecule has 4 aromatic carbocycles. The predicted octanol–water partition coefficient (Wildman–Crippen LogP) is 7.61. The van der Waals surface area contributed by atoms with Crippen LogP contribution >= 0.6 is 0 Å². The second-order valence-electron chi connectivity index (χ2n) is 11.9. The molecule has 0 saturated heterocycles. The molecule has 228 valence electrons. The summed E-state index contributed by atoms with van der Waals surface area (Å²) in [5.74, 6) is -0.792. The van der Waals surface area contributed by atoms with Crippen LogP contribution in [0.15, 0.2) is 91.0 Å². The van der Waals surface area contributed by atoms with Crippen LogP contribution in [0.3, 0.4) is 0 Å². The van der Waals surface area contributed by atoms with Crippen LogP contribution in [0.5, 0.6) is 5.75 Å². The highest BCUT2D eigenvalue weighted by atomic mass is 19.1. The number of aryl methyl sites for hydroxylation is 1. The van der Waals surface area contributed by atoms with Gasteiger partial charge in [-0.05, 0) is 97.6 Å². The zero-order valence-electron chi connectivity index (χ0n) is 25.2. The first kappa shape index (κ1) is 28.8. The summed E-state index contributed by atoms with van der Waals surface area (Å²) in [5.41, 5.74) is 7.58. The van der Waals surface area contributed by atoms with E-state index in [2.05, 4.69) is 28.9 Å². The zero-order chi connectivity index (χ0) is 31.2. The summed E-state index contributed by atoms with van der Waals surface area (Å²) in [5, 5.41) is 13.5. The molecular formula is C37H34F2N4O2. The van der Waals surface area contributed by atoms with Crippen molar-refractivity contribution in [1.82, 2.24) is 14.8 Å². The fraction of sp³-hybridized carbons (Fsp3) is 0.216. The van der Waals surface area contributed by atoms with Crippen molar-refractivity contribution >= 4 is 23.0 Å². The molecule has 0 radical (unpaired) electrons. The lowest BCUT2D eigenvalue weighted by Gasteiger charge is -2.35. The lowest BCUT2D eigenvalue weighted by molar-refractivity contribution is 0.0659. The number of aromatic hydroxyl groups is 1. The fourth-order valence-electron chi connectivity index (χ4n) is 6.60. The van der Waals surface area contributed by atoms with Crippen LogP contribution < -0.4 is 10.2 Å². The number of carbonyl (C=O) groups is 1. The fourth-order valence-corrected chi connectivity index (χ4v) is 6.60. The van der Waals surface area contributed by atoms with E-state index < -0.39 is 5.82 Å². The Morgan fingerprint density at radius 2 is 1.69 bits per heavy atom. The second-order valence-corrected chi connectivity index (χ2v) is 11.9. The van der Waals surface area contributed by atoms with E-state index >= 15 is 4.39 Å². The highest BCUT2D eigenvalue weighted by Crippen LogP contribution is 2.43. The number of rotatable bonds is 5. The molecule has 0 spiro atoms. The van der Waals surface area contributed by atoms with Gasteiger partial charge in [0.1, 0.15) is 17.4 Å². The SMILES string of the molecule is Cc1ccc(N(c2ccc(O)cc2)c2cc(-c3cc(F)ccc3C(=O)N3Cc4ccccc4C[C@H]3C)n3c2CNCC3)cc1F. The lowest BCUT2D eigenvalue weighted by Crippen LogP contribution is -2.42. The number of benzene rings is 4. The molecule has 5 aromatic rings. The molecule has 6 nitrogen and oxygen atoms in total. The van der Waals surface area contributed by atoms with Crippen LogP contribution in [-0.4, -0.2) is 33.1 Å². The summed E-state index contributed by atoms with van der Waals surface area (Å²) in [6.45, 7) is 6.09. The van der Waals surface area contributed by atoms with Crippen molar-refractivity contribution in [2.45, 2.75) is 45.9 Å². The number of halogens is 2. The molecule has 0 bridgehead atoms. The number of amides is 1. The summed E-state index contributed by atoms with van der Waals surface area (Å²) in [6, 6.07) is 26.3. The van der Waals surface area contributed by atoms with Gasteiger partial charge in [0.2, 0.25) is 0 Å². The molecule has 1 amide bonds. The Morgan fingerprint density at radius 3 is 2.47 bits per heavy atom. The third-order valence-corrected chi connectivity index (χ3v) is 9.01. The van der Waals surface area contributed by atoms with Crippen molar-refractivity contribution in [1.29, 1.82) is 0 Å². The third-order valence-electron chi connectivity index (χ3n) is 9.01. The number of phenols is 1. The maximum Gasteiger partial charge on any atom is 0.255 e. The second kappa shape index (κ2) is 11.5. The summed E-state index contributed by atoms with van der Waals surface area (Å²) in [4.78, 5) is 18.1. The Balaban J connectivity index is 1.38. The first-order valence-electron chi connectivity index (χ1n) is 15.2. The van der Waals surface area contributed by atoms with Gasteiger partial charge in [-0.3, -0.25) is 4.79 Å². The molecule has 0 fully saturated rings. The van der Waals surface area contributed by atoms with E-state index in [0.29, 0.717) is 54.3 Å². The minimum absolute atomic E-state index is 0.0206. The molecular weight excluding hydrogens is 570 g/mol. The average Bonchev–Trinajstić information content (AvgIpc) is 3.42. The topological polar surface area (TPSA) is 60.7 Å². The molecule has 45 heavy (non-hydrogen) atoms. The maximum atomic E-state index is 15.0. The molecule has 0 aliphatic carbocycles. The number of phenolic OH excluding ortho intramolecular Hbond substituents is 1. The lowest BCUT2D eigenvalue weighted by atomic mass is 9.93. The zero-order valence-corrected chi connectivity index (χ0v) is 25.2. The Morgan fingerprint density at radius 1 is 0.933 bits per heavy atom. The molecule has 0 unspecified atom stereocenters. The number of fused-ring (bicyclic) bond motifs is 2. The van der Waals surface area contributed by atoms with E-state index in [9.17, 15) is 14.3 Å². The van der Waals surface area contributed by atoms with E-state index in [1.54, 1.807) is 43.3 Å². The van der Waals surface area contributed by atoms with Crippen LogP contribution in [0.25, 0.3) is 11.3 Å². The van der Waals surface area contributed by atoms with Gasteiger partial charge in [0.05, 0.1) is 17.1 Å². The van der Waals surface area contributed by atoms with E-state index in [0.717, 1.165) is 29.1 Å². The van der Waals surface area contributed by atoms with Gasteiger partial charge in [0.25, 0.3) is 5.91 Å². The number of anilines is 3. The van der Waals surface area contributed by atoms with Crippen LogP contribution in [0, 0.1) is 18.6 Å². The Labute approximate surface area is 261 Å². The van der Waals surface area contributed by atoms with Gasteiger partial charge in [-0.1, -0.05) is 30.3 Å². The molecule has 2 N–H and O–H groups in total. The van der Waals surface area contributed by atoms with Gasteiger partial charge in [0, 0.05) is 54.7 Å². The molecule has 1 atom stereocenters. The third kappa shape index (κ3) is 5.25. The molecule has 8 heteroatoms. The Kier molecular flexibility index (Phi) is 7.37. The molecule has 1 aromatic heterocycles. The van der Waals surface area contributed by atoms with Crippen molar-refractivity contribution in [3.63, 3.8) is 0 Å². The molecule has 2 aliphatic heterocycles. The summed E-state index contributed by atoms with van der Waals surface area (Å²) >= 11 is 0. The smallest absolute Gasteiger partial charge is 0.255 e. The minimum atomic E-state index is -0.430. The van der Waals surface area contributed by atoms with E-state index in [4.69, 9.17) is 0 Å². The summed E-state index contributed by atoms with van der Waals surface area (Å²) in [6.07, 6.45) is 0.753. The van der Waals surface area contributed by atoms with Crippen LogP contribution in [0.4, 0.5) is 25.8 Å². The number of hydrogen-bond acceptors (Lipinski definition) is 4. The normalized spacial score (nSPS) is 15.8. The Hall–Kier alpha value is -4.95. The van der Waals surface area contributed by atoms with E-state index in [1.807, 2.05) is 34.1 Å². The number of nitrogens with zero attached hydrogens (tertiary/aromatic N) is 3. The molecule has 3 heterocycles. The van der Waals surface area contributed by atoms with Crippen molar-refractivity contribution < 1.29 is 18.7 Å². The monoisotopic (exact) mass is 604 g/mol. The van der Waals surface area contributed by atoms with Gasteiger partial charge in [-0.2, -0.15) is 0 Å². The minimum Gasteiger partial charge on any atom is -0.508 e. The van der Waals surface area contributed by atoms with Gasteiger partial charge in [-0.25, -0.2) is 8.78 Å². The largest absolute Gasteiger partial charge is 0.508 e. The number of aromatic nitrogens is 1. The van der Waals surface area contributed by atoms with Gasteiger partial charge in [-0.15, -0.1) is 0 Å². The highest BCUT2D eigenvalue weighted by Gasteiger charge is 2.31.